The highest BCUT2D eigenvalue weighted by molar-refractivity contribution is 6.16. The molecule has 0 aromatic heterocycles. The van der Waals surface area contributed by atoms with Crippen molar-refractivity contribution >= 4 is 11.8 Å². The summed E-state index contributed by atoms with van der Waals surface area (Å²) in [5.41, 5.74) is 0.349. The van der Waals surface area contributed by atoms with Crippen LogP contribution in [0.5, 0.6) is 0 Å². The van der Waals surface area contributed by atoms with Crippen LogP contribution in [0.3, 0.4) is 0 Å². The first-order valence-electron chi connectivity index (χ1n) is 3.81. The zero-order valence-corrected chi connectivity index (χ0v) is 7.00. The smallest absolute Gasteiger partial charge is 0.256 e. The molecule has 1 aliphatic heterocycles. The molecule has 1 aliphatic rings. The van der Waals surface area contributed by atoms with Crippen LogP contribution in [0.4, 0.5) is 0 Å². The number of hydrogen-bond donors (Lipinski definition) is 1. The first kappa shape index (κ1) is 9.49. The summed E-state index contributed by atoms with van der Waals surface area (Å²) in [7, 11) is 0. The minimum absolute atomic E-state index is 0.138. The Morgan fingerprint density at radius 1 is 1.54 bits per heavy atom. The summed E-state index contributed by atoms with van der Waals surface area (Å²) in [5, 5.41) is 2.12. The lowest BCUT2D eigenvalue weighted by Crippen LogP contribution is -2.23. The van der Waals surface area contributed by atoms with Crippen molar-refractivity contribution in [2.45, 2.75) is 6.42 Å². The average Bonchev–Trinajstić information content (AvgIpc) is 2.39. The number of carbonyl (C=O) groups is 2. The molecule has 0 aliphatic carbocycles. The van der Waals surface area contributed by atoms with E-state index in [1.54, 1.807) is 0 Å². The Hall–Kier alpha value is -1.60. The molecule has 4 nitrogen and oxygen atoms in total. The molecule has 0 aromatic carbocycles. The second kappa shape index (κ2) is 4.43. The van der Waals surface area contributed by atoms with Crippen molar-refractivity contribution < 1.29 is 14.3 Å². The number of rotatable bonds is 4. The van der Waals surface area contributed by atoms with Gasteiger partial charge in [-0.25, -0.2) is 0 Å². The maximum Gasteiger partial charge on any atom is 0.256 e. The zero-order valence-electron chi connectivity index (χ0n) is 7.00. The second-order valence-corrected chi connectivity index (χ2v) is 2.49. The van der Waals surface area contributed by atoms with Gasteiger partial charge in [0, 0.05) is 18.1 Å². The number of nitrogens with one attached hydrogen (secondary N) is 1. The van der Waals surface area contributed by atoms with Crippen molar-refractivity contribution in [2.75, 3.05) is 13.2 Å². The van der Waals surface area contributed by atoms with Crippen LogP contribution < -0.4 is 5.32 Å². The molecule has 0 bridgehead atoms. The number of terminal acetylenes is 1. The Bertz CT molecular complexity index is 298. The lowest BCUT2D eigenvalue weighted by Gasteiger charge is -1.99. The van der Waals surface area contributed by atoms with Gasteiger partial charge in [0.05, 0.1) is 13.2 Å². The van der Waals surface area contributed by atoms with Crippen LogP contribution in [-0.2, 0) is 14.3 Å². The molecule has 4 heteroatoms. The van der Waals surface area contributed by atoms with Gasteiger partial charge in [-0.05, 0) is 0 Å². The normalized spacial score (nSPS) is 15.2. The van der Waals surface area contributed by atoms with Crippen LogP contribution in [0.15, 0.2) is 11.6 Å². The average molecular weight is 179 g/mol. The molecule has 0 spiro atoms. The van der Waals surface area contributed by atoms with Crippen molar-refractivity contribution in [3.05, 3.63) is 11.6 Å². The Morgan fingerprint density at radius 2 is 2.31 bits per heavy atom. The van der Waals surface area contributed by atoms with Gasteiger partial charge in [-0.2, -0.15) is 0 Å². The summed E-state index contributed by atoms with van der Waals surface area (Å²) in [4.78, 5) is 21.6. The topological polar surface area (TPSA) is 55.4 Å². The molecule has 0 fully saturated rings. The molecule has 13 heavy (non-hydrogen) atoms. The number of amides is 2. The van der Waals surface area contributed by atoms with Gasteiger partial charge in [0.2, 0.25) is 0 Å². The predicted octanol–water partition coefficient (Wildman–Crippen LogP) is -0.391. The Kier molecular flexibility index (Phi) is 3.23. The molecule has 0 unspecified atom stereocenters. The van der Waals surface area contributed by atoms with Crippen molar-refractivity contribution in [1.82, 2.24) is 5.32 Å². The van der Waals surface area contributed by atoms with E-state index in [0.717, 1.165) is 0 Å². The summed E-state index contributed by atoms with van der Waals surface area (Å²) in [6.07, 6.45) is 6.73. The number of ether oxygens (including phenoxy) is 1. The van der Waals surface area contributed by atoms with Crippen LogP contribution in [0, 0.1) is 12.3 Å². The van der Waals surface area contributed by atoms with Crippen LogP contribution in [-0.4, -0.2) is 25.0 Å². The lowest BCUT2D eigenvalue weighted by molar-refractivity contribution is -0.124. The Balaban J connectivity index is 2.30. The number of hydrogen-bond acceptors (Lipinski definition) is 3. The van der Waals surface area contributed by atoms with Gasteiger partial charge in [0.25, 0.3) is 11.8 Å². The fraction of sp³-hybridized carbons (Fsp3) is 0.333. The van der Waals surface area contributed by atoms with Crippen molar-refractivity contribution in [1.29, 1.82) is 0 Å². The van der Waals surface area contributed by atoms with Crippen LogP contribution in [0.1, 0.15) is 6.42 Å². The lowest BCUT2D eigenvalue weighted by atomic mass is 10.3. The number of imide groups is 1. The van der Waals surface area contributed by atoms with Crippen molar-refractivity contribution in [2.24, 2.45) is 0 Å². The zero-order chi connectivity index (χ0) is 9.68. The van der Waals surface area contributed by atoms with Gasteiger partial charge in [0.1, 0.15) is 0 Å². The van der Waals surface area contributed by atoms with Crippen LogP contribution >= 0.6 is 0 Å². The summed E-state index contributed by atoms with van der Waals surface area (Å²) in [6, 6.07) is 0. The fourth-order valence-electron chi connectivity index (χ4n) is 0.872. The highest BCUT2D eigenvalue weighted by Crippen LogP contribution is 2.02. The van der Waals surface area contributed by atoms with Gasteiger partial charge < -0.3 is 4.74 Å². The molecule has 1 N–H and O–H groups in total. The van der Waals surface area contributed by atoms with Crippen molar-refractivity contribution in [3.63, 3.8) is 0 Å². The first-order chi connectivity index (χ1) is 6.24. The van der Waals surface area contributed by atoms with E-state index in [1.807, 2.05) is 0 Å². The third-order valence-electron chi connectivity index (χ3n) is 1.48. The largest absolute Gasteiger partial charge is 0.376 e. The van der Waals surface area contributed by atoms with Gasteiger partial charge in [0.15, 0.2) is 0 Å². The van der Waals surface area contributed by atoms with E-state index in [1.165, 1.54) is 6.08 Å². The molecule has 0 atom stereocenters. The number of carbonyl (C=O) groups excluding carboxylic acids is 2. The quantitative estimate of drug-likeness (QED) is 0.363. The molecule has 0 saturated heterocycles. The van der Waals surface area contributed by atoms with Gasteiger partial charge in [-0.15, -0.1) is 12.3 Å². The molecule has 0 radical (unpaired) electrons. The summed E-state index contributed by atoms with van der Waals surface area (Å²) in [6.45, 7) is 0.536. The predicted molar refractivity (Wildman–Crippen MR) is 45.5 cm³/mol. The van der Waals surface area contributed by atoms with Gasteiger partial charge in [-0.3, -0.25) is 14.9 Å². The van der Waals surface area contributed by atoms with Gasteiger partial charge in [-0.1, -0.05) is 0 Å². The van der Waals surface area contributed by atoms with E-state index in [2.05, 4.69) is 11.2 Å². The molecule has 0 aromatic rings. The standard InChI is InChI=1S/C9H9NO3/c1-2-3-4-13-6-7-5-8(11)10-9(7)12/h1,5H,3-4,6H2,(H,10,11,12). The fourth-order valence-corrected chi connectivity index (χ4v) is 0.872. The maximum atomic E-state index is 10.9. The Labute approximate surface area is 75.9 Å². The van der Waals surface area contributed by atoms with E-state index in [4.69, 9.17) is 11.2 Å². The van der Waals surface area contributed by atoms with E-state index < -0.39 is 0 Å². The maximum absolute atomic E-state index is 10.9. The van der Waals surface area contributed by atoms with E-state index in [0.29, 0.717) is 18.6 Å². The van der Waals surface area contributed by atoms with Crippen LogP contribution in [0.25, 0.3) is 0 Å². The highest BCUT2D eigenvalue weighted by atomic mass is 16.5. The van der Waals surface area contributed by atoms with E-state index >= 15 is 0 Å². The molecular weight excluding hydrogens is 170 g/mol. The van der Waals surface area contributed by atoms with E-state index in [9.17, 15) is 9.59 Å². The highest BCUT2D eigenvalue weighted by Gasteiger charge is 2.19. The first-order valence-corrected chi connectivity index (χ1v) is 3.81. The third-order valence-corrected chi connectivity index (χ3v) is 1.48. The molecule has 68 valence electrons. The molecular formula is C9H9NO3. The Morgan fingerprint density at radius 3 is 2.85 bits per heavy atom. The molecule has 2 amide bonds. The van der Waals surface area contributed by atoms with Crippen molar-refractivity contribution in [3.8, 4) is 12.3 Å². The molecule has 1 heterocycles. The monoisotopic (exact) mass is 179 g/mol. The van der Waals surface area contributed by atoms with Gasteiger partial charge >= 0.3 is 0 Å². The minimum Gasteiger partial charge on any atom is -0.376 e. The SMILES string of the molecule is C#CCCOCC1=CC(=O)NC1=O. The third kappa shape index (κ3) is 2.73. The summed E-state index contributed by atoms with van der Waals surface area (Å²) < 4.78 is 5.05. The summed E-state index contributed by atoms with van der Waals surface area (Å²) in [5.74, 6) is 1.63. The second-order valence-electron chi connectivity index (χ2n) is 2.49. The van der Waals surface area contributed by atoms with E-state index in [-0.39, 0.29) is 18.4 Å². The summed E-state index contributed by atoms with van der Waals surface area (Å²) >= 11 is 0. The molecule has 0 saturated carbocycles. The molecule has 1 rings (SSSR count). The van der Waals surface area contributed by atoms with Crippen LogP contribution in [0.2, 0.25) is 0 Å². The minimum atomic E-state index is -0.388.